The molecule has 0 aliphatic carbocycles. The van der Waals surface area contributed by atoms with Gasteiger partial charge >= 0.3 is 5.97 Å². The van der Waals surface area contributed by atoms with Gasteiger partial charge in [-0.15, -0.1) is 0 Å². The first-order valence-corrected chi connectivity index (χ1v) is 7.66. The molecule has 1 saturated heterocycles. The molecular formula is C17H23NO3. The maximum atomic E-state index is 12.2. The standard InChI is InChI=1S/C17H23NO3/c1-2-13-7-8-16(19)18(10-9-13)12-15-6-4-3-5-14(15)11-17(20)21/h3-6,13H,2,7-12H2,1H3,(H,20,21). The van der Waals surface area contributed by atoms with Crippen molar-refractivity contribution in [2.75, 3.05) is 6.54 Å². The quantitative estimate of drug-likeness (QED) is 0.906. The summed E-state index contributed by atoms with van der Waals surface area (Å²) in [5.74, 6) is -0.0139. The smallest absolute Gasteiger partial charge is 0.307 e. The third-order valence-corrected chi connectivity index (χ3v) is 4.33. The number of benzene rings is 1. The Morgan fingerprint density at radius 3 is 2.67 bits per heavy atom. The number of carbonyl (C=O) groups is 2. The van der Waals surface area contributed by atoms with Crippen LogP contribution in [0.4, 0.5) is 0 Å². The zero-order valence-electron chi connectivity index (χ0n) is 12.5. The molecule has 21 heavy (non-hydrogen) atoms. The van der Waals surface area contributed by atoms with Gasteiger partial charge in [-0.3, -0.25) is 9.59 Å². The van der Waals surface area contributed by atoms with E-state index in [9.17, 15) is 9.59 Å². The largest absolute Gasteiger partial charge is 0.481 e. The van der Waals surface area contributed by atoms with Crippen LogP contribution in [0.25, 0.3) is 0 Å². The van der Waals surface area contributed by atoms with E-state index in [4.69, 9.17) is 5.11 Å². The van der Waals surface area contributed by atoms with Crippen molar-refractivity contribution in [3.63, 3.8) is 0 Å². The van der Waals surface area contributed by atoms with E-state index < -0.39 is 5.97 Å². The number of amides is 1. The number of carboxylic acid groups (broad SMARTS) is 1. The van der Waals surface area contributed by atoms with E-state index in [0.717, 1.165) is 36.9 Å². The van der Waals surface area contributed by atoms with Gasteiger partial charge in [0.2, 0.25) is 5.91 Å². The molecule has 0 saturated carbocycles. The fourth-order valence-electron chi connectivity index (χ4n) is 2.92. The molecule has 1 aliphatic heterocycles. The van der Waals surface area contributed by atoms with Crippen LogP contribution in [0.1, 0.15) is 43.7 Å². The molecule has 1 heterocycles. The van der Waals surface area contributed by atoms with Gasteiger partial charge in [-0.1, -0.05) is 37.6 Å². The van der Waals surface area contributed by atoms with Gasteiger partial charge < -0.3 is 10.0 Å². The molecule has 1 fully saturated rings. The fourth-order valence-corrected chi connectivity index (χ4v) is 2.92. The number of nitrogens with zero attached hydrogens (tertiary/aromatic N) is 1. The first-order chi connectivity index (χ1) is 10.1. The van der Waals surface area contributed by atoms with Gasteiger partial charge in [-0.2, -0.15) is 0 Å². The van der Waals surface area contributed by atoms with Crippen molar-refractivity contribution in [3.05, 3.63) is 35.4 Å². The Kier molecular flexibility index (Phi) is 5.37. The van der Waals surface area contributed by atoms with Crippen LogP contribution in [0.15, 0.2) is 24.3 Å². The number of aliphatic carboxylic acids is 1. The molecule has 1 unspecified atom stereocenters. The minimum Gasteiger partial charge on any atom is -0.481 e. The Balaban J connectivity index is 2.10. The van der Waals surface area contributed by atoms with Gasteiger partial charge in [-0.05, 0) is 29.9 Å². The Hall–Kier alpha value is -1.84. The maximum absolute atomic E-state index is 12.2. The molecule has 0 radical (unpaired) electrons. The van der Waals surface area contributed by atoms with Crippen molar-refractivity contribution >= 4 is 11.9 Å². The first-order valence-electron chi connectivity index (χ1n) is 7.66. The molecule has 4 nitrogen and oxygen atoms in total. The number of carboxylic acids is 1. The summed E-state index contributed by atoms with van der Waals surface area (Å²) in [5.41, 5.74) is 1.75. The molecule has 114 valence electrons. The minimum absolute atomic E-state index is 0.00971. The second kappa shape index (κ2) is 7.25. The second-order valence-electron chi connectivity index (χ2n) is 5.76. The summed E-state index contributed by atoms with van der Waals surface area (Å²) >= 11 is 0. The molecule has 1 N–H and O–H groups in total. The fraction of sp³-hybridized carbons (Fsp3) is 0.529. The highest BCUT2D eigenvalue weighted by Gasteiger charge is 2.22. The van der Waals surface area contributed by atoms with Crippen LogP contribution in [0.5, 0.6) is 0 Å². The Morgan fingerprint density at radius 1 is 1.29 bits per heavy atom. The van der Waals surface area contributed by atoms with Crippen molar-refractivity contribution in [2.45, 2.75) is 45.6 Å². The van der Waals surface area contributed by atoms with Gasteiger partial charge in [0.05, 0.1) is 6.42 Å². The highest BCUT2D eigenvalue weighted by atomic mass is 16.4. The molecule has 4 heteroatoms. The van der Waals surface area contributed by atoms with Crippen molar-refractivity contribution in [1.82, 2.24) is 4.90 Å². The zero-order valence-corrected chi connectivity index (χ0v) is 12.5. The van der Waals surface area contributed by atoms with Crippen LogP contribution in [-0.2, 0) is 22.6 Å². The van der Waals surface area contributed by atoms with Crippen molar-refractivity contribution < 1.29 is 14.7 Å². The average Bonchev–Trinajstić information content (AvgIpc) is 2.63. The van der Waals surface area contributed by atoms with Crippen molar-refractivity contribution in [1.29, 1.82) is 0 Å². The highest BCUT2D eigenvalue weighted by molar-refractivity contribution is 5.76. The number of hydrogen-bond donors (Lipinski definition) is 1. The van der Waals surface area contributed by atoms with E-state index in [0.29, 0.717) is 18.9 Å². The summed E-state index contributed by atoms with van der Waals surface area (Å²) in [4.78, 5) is 25.0. The SMILES string of the molecule is CCC1CCC(=O)N(Cc2ccccc2CC(=O)O)CC1. The lowest BCUT2D eigenvalue weighted by molar-refractivity contribution is -0.136. The van der Waals surface area contributed by atoms with Gasteiger partial charge in [0.15, 0.2) is 0 Å². The molecule has 2 rings (SSSR count). The van der Waals surface area contributed by atoms with E-state index in [1.54, 1.807) is 0 Å². The first kappa shape index (κ1) is 15.5. The number of hydrogen-bond acceptors (Lipinski definition) is 2. The van der Waals surface area contributed by atoms with Gasteiger partial charge in [0, 0.05) is 19.5 Å². The minimum atomic E-state index is -0.837. The van der Waals surface area contributed by atoms with Gasteiger partial charge in [-0.25, -0.2) is 0 Å². The van der Waals surface area contributed by atoms with Crippen LogP contribution in [0.2, 0.25) is 0 Å². The maximum Gasteiger partial charge on any atom is 0.307 e. The third kappa shape index (κ3) is 4.31. The normalized spacial score (nSPS) is 19.4. The Bertz CT molecular complexity index is 513. The van der Waals surface area contributed by atoms with E-state index >= 15 is 0 Å². The summed E-state index contributed by atoms with van der Waals surface area (Å²) in [5, 5.41) is 8.98. The molecule has 1 aromatic rings. The van der Waals surface area contributed by atoms with Crippen LogP contribution >= 0.6 is 0 Å². The summed E-state index contributed by atoms with van der Waals surface area (Å²) < 4.78 is 0. The summed E-state index contributed by atoms with van der Waals surface area (Å²) in [6.07, 6.45) is 3.76. The lowest BCUT2D eigenvalue weighted by Crippen LogP contribution is -2.30. The number of rotatable bonds is 5. The number of carbonyl (C=O) groups excluding carboxylic acids is 1. The molecule has 1 amide bonds. The monoisotopic (exact) mass is 289 g/mol. The summed E-state index contributed by atoms with van der Waals surface area (Å²) in [6.45, 7) is 3.48. The van der Waals surface area contributed by atoms with Gasteiger partial charge in [0.25, 0.3) is 0 Å². The molecule has 1 atom stereocenters. The van der Waals surface area contributed by atoms with Crippen LogP contribution in [-0.4, -0.2) is 28.4 Å². The predicted molar refractivity (Wildman–Crippen MR) is 80.8 cm³/mol. The molecule has 1 aliphatic rings. The lowest BCUT2D eigenvalue weighted by Gasteiger charge is -2.22. The van der Waals surface area contributed by atoms with E-state index in [1.807, 2.05) is 29.2 Å². The van der Waals surface area contributed by atoms with Crippen molar-refractivity contribution in [3.8, 4) is 0 Å². The summed E-state index contributed by atoms with van der Waals surface area (Å²) in [6, 6.07) is 7.51. The van der Waals surface area contributed by atoms with E-state index in [1.165, 1.54) is 0 Å². The predicted octanol–water partition coefficient (Wildman–Crippen LogP) is 2.85. The van der Waals surface area contributed by atoms with Crippen LogP contribution < -0.4 is 0 Å². The van der Waals surface area contributed by atoms with Crippen molar-refractivity contribution in [2.24, 2.45) is 5.92 Å². The summed E-state index contributed by atoms with van der Waals surface area (Å²) in [7, 11) is 0. The van der Waals surface area contributed by atoms with E-state index in [-0.39, 0.29) is 12.3 Å². The molecule has 0 aromatic heterocycles. The topological polar surface area (TPSA) is 57.6 Å². The zero-order chi connectivity index (χ0) is 15.2. The molecular weight excluding hydrogens is 266 g/mol. The third-order valence-electron chi connectivity index (χ3n) is 4.33. The van der Waals surface area contributed by atoms with E-state index in [2.05, 4.69) is 6.92 Å². The van der Waals surface area contributed by atoms with Gasteiger partial charge in [0.1, 0.15) is 0 Å². The Labute approximate surface area is 125 Å². The lowest BCUT2D eigenvalue weighted by atomic mass is 9.98. The van der Waals surface area contributed by atoms with Crippen LogP contribution in [0, 0.1) is 5.92 Å². The second-order valence-corrected chi connectivity index (χ2v) is 5.76. The average molecular weight is 289 g/mol. The number of likely N-dealkylation sites (tertiary alicyclic amines) is 1. The molecule has 1 aromatic carbocycles. The van der Waals surface area contributed by atoms with Crippen LogP contribution in [0.3, 0.4) is 0 Å². The highest BCUT2D eigenvalue weighted by Crippen LogP contribution is 2.23. The molecule has 0 bridgehead atoms. The Morgan fingerprint density at radius 2 is 2.00 bits per heavy atom. The molecule has 0 spiro atoms.